The number of carbonyl (C=O) groups is 1. The van der Waals surface area contributed by atoms with Crippen LogP contribution in [0, 0.1) is 18.8 Å². The summed E-state index contributed by atoms with van der Waals surface area (Å²) in [4.78, 5) is 23.6. The van der Waals surface area contributed by atoms with E-state index in [2.05, 4.69) is 46.3 Å². The summed E-state index contributed by atoms with van der Waals surface area (Å²) >= 11 is 0. The van der Waals surface area contributed by atoms with Gasteiger partial charge in [0, 0.05) is 25.5 Å². The van der Waals surface area contributed by atoms with Gasteiger partial charge in [0.25, 0.3) is 11.7 Å². The van der Waals surface area contributed by atoms with Gasteiger partial charge in [0.05, 0.1) is 0 Å². The van der Waals surface area contributed by atoms with Crippen LogP contribution in [0.2, 0.25) is 0 Å². The van der Waals surface area contributed by atoms with Crippen molar-refractivity contribution in [1.29, 1.82) is 0 Å². The van der Waals surface area contributed by atoms with Crippen LogP contribution < -0.4 is 5.73 Å². The van der Waals surface area contributed by atoms with Gasteiger partial charge in [0.15, 0.2) is 0 Å². The molecule has 2 N–H and O–H groups in total. The maximum absolute atomic E-state index is 13.0. The molecule has 1 saturated carbocycles. The minimum absolute atomic E-state index is 0.0854. The highest BCUT2D eigenvalue weighted by atomic mass is 16.2. The van der Waals surface area contributed by atoms with Crippen LogP contribution in [0.3, 0.4) is 0 Å². The zero-order chi connectivity index (χ0) is 20.0. The van der Waals surface area contributed by atoms with E-state index in [4.69, 9.17) is 5.73 Å². The van der Waals surface area contributed by atoms with Crippen molar-refractivity contribution in [2.75, 3.05) is 19.6 Å². The summed E-state index contributed by atoms with van der Waals surface area (Å²) in [5.41, 5.74) is 9.44. The van der Waals surface area contributed by atoms with E-state index < -0.39 is 0 Å². The van der Waals surface area contributed by atoms with Crippen LogP contribution in [0.25, 0.3) is 5.78 Å². The number of hydrogen-bond acceptors (Lipinski definition) is 5. The summed E-state index contributed by atoms with van der Waals surface area (Å²) in [6.45, 7) is 4.34. The molecule has 1 aromatic carbocycles. The molecule has 0 spiro atoms. The Morgan fingerprint density at radius 1 is 1.21 bits per heavy atom. The van der Waals surface area contributed by atoms with Gasteiger partial charge in [-0.2, -0.15) is 4.98 Å². The number of benzene rings is 1. The number of hydrogen-bond donors (Lipinski definition) is 1. The predicted molar refractivity (Wildman–Crippen MR) is 110 cm³/mol. The summed E-state index contributed by atoms with van der Waals surface area (Å²) in [5.74, 6) is 2.34. The normalized spacial score (nSPS) is 23.7. The maximum Gasteiger partial charge on any atom is 0.293 e. The fourth-order valence-corrected chi connectivity index (χ4v) is 5.11. The number of nitrogens with zero attached hydrogens (tertiary/aromatic N) is 5. The summed E-state index contributed by atoms with van der Waals surface area (Å²) in [6.07, 6.45) is 6.63. The summed E-state index contributed by atoms with van der Waals surface area (Å²) < 4.78 is 1.59. The molecule has 150 valence electrons. The van der Waals surface area contributed by atoms with Crippen molar-refractivity contribution < 1.29 is 4.79 Å². The highest BCUT2D eigenvalue weighted by Crippen LogP contribution is 2.46. The van der Waals surface area contributed by atoms with E-state index >= 15 is 0 Å². The lowest BCUT2D eigenvalue weighted by atomic mass is 9.92. The molecule has 7 heteroatoms. The molecular formula is C22H26N6O. The van der Waals surface area contributed by atoms with Crippen LogP contribution in [-0.2, 0) is 6.42 Å². The van der Waals surface area contributed by atoms with E-state index in [-0.39, 0.29) is 11.7 Å². The standard InChI is InChI=1S/C22H26N6O/c1-14-4-2-3-5-19(14)16-8-17-12-27(13-18(17)9-16)21(29)20-25-22-24-10-15(6-7-23)11-28(22)26-20/h2-5,10-11,16-18H,6-9,12-13,23H2,1H3/t16?,17-,18+. The molecule has 3 aromatic rings. The molecule has 1 aliphatic heterocycles. The third-order valence-electron chi connectivity index (χ3n) is 6.54. The Bertz CT molecular complexity index is 1050. The molecule has 3 atom stereocenters. The largest absolute Gasteiger partial charge is 0.335 e. The lowest BCUT2D eigenvalue weighted by Crippen LogP contribution is -2.30. The molecule has 2 aromatic heterocycles. The van der Waals surface area contributed by atoms with Gasteiger partial charge in [-0.3, -0.25) is 4.79 Å². The van der Waals surface area contributed by atoms with Gasteiger partial charge in [-0.15, -0.1) is 5.10 Å². The lowest BCUT2D eigenvalue weighted by molar-refractivity contribution is 0.0768. The quantitative estimate of drug-likeness (QED) is 0.738. The molecule has 1 amide bonds. The first-order chi connectivity index (χ1) is 14.1. The molecule has 1 saturated heterocycles. The molecule has 2 aliphatic rings. The fraction of sp³-hybridized carbons (Fsp3) is 0.455. The number of rotatable bonds is 4. The number of fused-ring (bicyclic) bond motifs is 2. The number of aryl methyl sites for hydroxylation is 1. The molecule has 0 bridgehead atoms. The molecule has 1 unspecified atom stereocenters. The molecule has 2 fully saturated rings. The number of nitrogens with two attached hydrogens (primary N) is 1. The van der Waals surface area contributed by atoms with Gasteiger partial charge in [0.2, 0.25) is 5.82 Å². The zero-order valence-electron chi connectivity index (χ0n) is 16.7. The van der Waals surface area contributed by atoms with Gasteiger partial charge in [-0.1, -0.05) is 24.3 Å². The zero-order valence-corrected chi connectivity index (χ0v) is 16.7. The van der Waals surface area contributed by atoms with Crippen molar-refractivity contribution in [3.05, 3.63) is 59.2 Å². The molecule has 1 aliphatic carbocycles. The van der Waals surface area contributed by atoms with E-state index in [0.29, 0.717) is 30.1 Å². The second-order valence-corrected chi connectivity index (χ2v) is 8.44. The maximum atomic E-state index is 13.0. The Morgan fingerprint density at radius 2 is 1.97 bits per heavy atom. The molecule has 5 rings (SSSR count). The second kappa shape index (κ2) is 7.22. The first-order valence-electron chi connectivity index (χ1n) is 10.4. The van der Waals surface area contributed by atoms with E-state index in [1.807, 2.05) is 11.1 Å². The smallest absolute Gasteiger partial charge is 0.293 e. The summed E-state index contributed by atoms with van der Waals surface area (Å²) in [6, 6.07) is 8.69. The van der Waals surface area contributed by atoms with E-state index in [1.54, 1.807) is 10.7 Å². The predicted octanol–water partition coefficient (Wildman–Crippen LogP) is 2.20. The van der Waals surface area contributed by atoms with Crippen LogP contribution in [0.4, 0.5) is 0 Å². The Labute approximate surface area is 169 Å². The van der Waals surface area contributed by atoms with E-state index in [9.17, 15) is 4.79 Å². The van der Waals surface area contributed by atoms with Crippen molar-refractivity contribution in [3.8, 4) is 0 Å². The van der Waals surface area contributed by atoms with Crippen LogP contribution in [0.1, 0.15) is 46.1 Å². The third kappa shape index (κ3) is 3.29. The average molecular weight is 390 g/mol. The van der Waals surface area contributed by atoms with Gasteiger partial charge in [-0.05, 0) is 67.2 Å². The lowest BCUT2D eigenvalue weighted by Gasteiger charge is -2.19. The Kier molecular flexibility index (Phi) is 4.54. The van der Waals surface area contributed by atoms with Crippen LogP contribution in [-0.4, -0.2) is 50.0 Å². The Hall–Kier alpha value is -2.80. The number of aromatic nitrogens is 4. The summed E-state index contributed by atoms with van der Waals surface area (Å²) in [7, 11) is 0. The van der Waals surface area contributed by atoms with Crippen LogP contribution >= 0.6 is 0 Å². The summed E-state index contributed by atoms with van der Waals surface area (Å²) in [5, 5.41) is 4.38. The van der Waals surface area contributed by atoms with Crippen molar-refractivity contribution in [2.45, 2.75) is 32.1 Å². The van der Waals surface area contributed by atoms with Crippen molar-refractivity contribution in [2.24, 2.45) is 17.6 Å². The molecule has 29 heavy (non-hydrogen) atoms. The minimum Gasteiger partial charge on any atom is -0.335 e. The number of amides is 1. The fourth-order valence-electron chi connectivity index (χ4n) is 5.11. The van der Waals surface area contributed by atoms with E-state index in [0.717, 1.165) is 37.9 Å². The van der Waals surface area contributed by atoms with Crippen LogP contribution in [0.5, 0.6) is 0 Å². The molecular weight excluding hydrogens is 364 g/mol. The van der Waals surface area contributed by atoms with Gasteiger partial charge in [0.1, 0.15) is 0 Å². The number of likely N-dealkylation sites (tertiary alicyclic amines) is 1. The average Bonchev–Trinajstić information content (AvgIpc) is 3.40. The number of carbonyl (C=O) groups excluding carboxylic acids is 1. The minimum atomic E-state index is -0.0854. The molecule has 7 nitrogen and oxygen atoms in total. The van der Waals surface area contributed by atoms with Gasteiger partial charge >= 0.3 is 0 Å². The third-order valence-corrected chi connectivity index (χ3v) is 6.54. The Morgan fingerprint density at radius 3 is 2.69 bits per heavy atom. The SMILES string of the molecule is Cc1ccccc1C1C[C@@H]2CN(C(=O)c3nc4ncc(CCN)cn4n3)C[C@@H]2C1. The second-order valence-electron chi connectivity index (χ2n) is 8.44. The topological polar surface area (TPSA) is 89.4 Å². The molecule has 0 radical (unpaired) electrons. The monoisotopic (exact) mass is 390 g/mol. The van der Waals surface area contributed by atoms with Crippen LogP contribution in [0.15, 0.2) is 36.7 Å². The highest BCUT2D eigenvalue weighted by Gasteiger charge is 2.43. The highest BCUT2D eigenvalue weighted by molar-refractivity contribution is 5.91. The first-order valence-corrected chi connectivity index (χ1v) is 10.4. The Balaban J connectivity index is 1.29. The van der Waals surface area contributed by atoms with E-state index in [1.165, 1.54) is 11.1 Å². The van der Waals surface area contributed by atoms with Crippen molar-refractivity contribution >= 4 is 11.7 Å². The van der Waals surface area contributed by atoms with Gasteiger partial charge < -0.3 is 10.6 Å². The molecule has 3 heterocycles. The van der Waals surface area contributed by atoms with Gasteiger partial charge in [-0.25, -0.2) is 9.50 Å². The van der Waals surface area contributed by atoms with Crippen molar-refractivity contribution in [3.63, 3.8) is 0 Å². The van der Waals surface area contributed by atoms with Crippen molar-refractivity contribution in [1.82, 2.24) is 24.5 Å². The first kappa shape index (κ1) is 18.2.